The summed E-state index contributed by atoms with van der Waals surface area (Å²) in [6, 6.07) is 4.87. The maximum atomic E-state index is 13.8. The number of carbonyl (C=O) groups excluding carboxylic acids is 1. The number of benzene rings is 1. The maximum absolute atomic E-state index is 13.8. The van der Waals surface area contributed by atoms with Gasteiger partial charge in [-0.05, 0) is 32.0 Å². The Bertz CT molecular complexity index is 1140. The molecule has 3 N–H and O–H groups in total. The molecule has 0 unspecified atom stereocenters. The maximum Gasteiger partial charge on any atom is 0.255 e. The van der Waals surface area contributed by atoms with E-state index in [1.165, 1.54) is 0 Å². The zero-order valence-electron chi connectivity index (χ0n) is 18.0. The van der Waals surface area contributed by atoms with Gasteiger partial charge >= 0.3 is 0 Å². The van der Waals surface area contributed by atoms with E-state index in [9.17, 15) is 13.6 Å². The van der Waals surface area contributed by atoms with Crippen molar-refractivity contribution in [2.45, 2.75) is 25.9 Å². The summed E-state index contributed by atoms with van der Waals surface area (Å²) in [4.78, 5) is 20.1. The van der Waals surface area contributed by atoms with E-state index in [4.69, 9.17) is 9.47 Å². The number of hydrogen-bond donors (Lipinski definition) is 3. The third kappa shape index (κ3) is 4.43. The van der Waals surface area contributed by atoms with Crippen molar-refractivity contribution in [1.29, 1.82) is 0 Å². The van der Waals surface area contributed by atoms with Gasteiger partial charge in [-0.2, -0.15) is 0 Å². The molecule has 3 aromatic rings. The largest absolute Gasteiger partial charge is 0.488 e. The second kappa shape index (κ2) is 8.58. The van der Waals surface area contributed by atoms with E-state index in [-0.39, 0.29) is 18.2 Å². The highest BCUT2D eigenvalue weighted by Crippen LogP contribution is 2.40. The minimum atomic E-state index is -0.724. The fraction of sp³-hybridized carbons (Fsp3) is 0.304. The number of pyridine rings is 1. The fourth-order valence-corrected chi connectivity index (χ4v) is 3.49. The van der Waals surface area contributed by atoms with Crippen molar-refractivity contribution < 1.29 is 23.0 Å². The summed E-state index contributed by atoms with van der Waals surface area (Å²) < 4.78 is 39.0. The molecule has 0 bridgehead atoms. The molecule has 168 valence electrons. The van der Waals surface area contributed by atoms with Crippen molar-refractivity contribution in [3.05, 3.63) is 59.6 Å². The number of ether oxygens (including phenoxy) is 2. The highest BCUT2D eigenvalue weighted by atomic mass is 19.1. The van der Waals surface area contributed by atoms with E-state index in [1.807, 2.05) is 13.8 Å². The molecular formula is C23H24F2N4O3. The van der Waals surface area contributed by atoms with Gasteiger partial charge in [0.2, 0.25) is 0 Å². The second-order valence-electron chi connectivity index (χ2n) is 8.14. The van der Waals surface area contributed by atoms with Crippen LogP contribution in [0, 0.1) is 11.6 Å². The fourth-order valence-electron chi connectivity index (χ4n) is 3.49. The molecule has 32 heavy (non-hydrogen) atoms. The van der Waals surface area contributed by atoms with Crippen LogP contribution in [0.4, 0.5) is 20.2 Å². The Labute approximate surface area is 184 Å². The number of anilines is 2. The summed E-state index contributed by atoms with van der Waals surface area (Å²) in [5, 5.41) is 5.84. The number of fused-ring (bicyclic) bond motifs is 1. The smallest absolute Gasteiger partial charge is 0.255 e. The van der Waals surface area contributed by atoms with Gasteiger partial charge in [-0.1, -0.05) is 0 Å². The van der Waals surface area contributed by atoms with Gasteiger partial charge in [0.15, 0.2) is 0 Å². The number of aromatic nitrogens is 2. The number of rotatable bonds is 7. The molecule has 0 radical (unpaired) electrons. The first-order chi connectivity index (χ1) is 15.3. The topological polar surface area (TPSA) is 88.3 Å². The van der Waals surface area contributed by atoms with Crippen molar-refractivity contribution in [2.24, 2.45) is 0 Å². The zero-order chi connectivity index (χ0) is 22.9. The molecule has 7 nitrogen and oxygen atoms in total. The van der Waals surface area contributed by atoms with Crippen molar-refractivity contribution in [2.75, 3.05) is 25.6 Å². The van der Waals surface area contributed by atoms with Gasteiger partial charge < -0.3 is 25.1 Å². The Kier molecular flexibility index (Phi) is 5.84. The van der Waals surface area contributed by atoms with Gasteiger partial charge in [0, 0.05) is 49.3 Å². The number of aromatic amines is 1. The van der Waals surface area contributed by atoms with E-state index in [0.29, 0.717) is 41.2 Å². The third-order valence-electron chi connectivity index (χ3n) is 5.28. The van der Waals surface area contributed by atoms with Crippen molar-refractivity contribution in [1.82, 2.24) is 15.3 Å². The molecule has 0 aliphatic carbocycles. The molecule has 0 fully saturated rings. The lowest BCUT2D eigenvalue weighted by Gasteiger charge is -2.23. The molecule has 0 atom stereocenters. The summed E-state index contributed by atoms with van der Waals surface area (Å²) in [6.07, 6.45) is 3.77. The molecule has 0 spiro atoms. The first kappa shape index (κ1) is 21.8. The van der Waals surface area contributed by atoms with Crippen LogP contribution in [0.5, 0.6) is 5.75 Å². The van der Waals surface area contributed by atoms with E-state index >= 15 is 0 Å². The molecule has 2 aromatic heterocycles. The van der Waals surface area contributed by atoms with Crippen LogP contribution in [0.3, 0.4) is 0 Å². The van der Waals surface area contributed by atoms with Gasteiger partial charge in [0.05, 0.1) is 28.7 Å². The summed E-state index contributed by atoms with van der Waals surface area (Å²) >= 11 is 0. The number of methoxy groups -OCH3 is 1. The van der Waals surface area contributed by atoms with Gasteiger partial charge in [0.25, 0.3) is 5.91 Å². The summed E-state index contributed by atoms with van der Waals surface area (Å²) in [6.45, 7) is 4.54. The van der Waals surface area contributed by atoms with Crippen LogP contribution in [-0.2, 0) is 11.2 Å². The molecule has 0 saturated carbocycles. The van der Waals surface area contributed by atoms with Crippen LogP contribution >= 0.6 is 0 Å². The first-order valence-corrected chi connectivity index (χ1v) is 10.2. The van der Waals surface area contributed by atoms with E-state index in [2.05, 4.69) is 20.6 Å². The summed E-state index contributed by atoms with van der Waals surface area (Å²) in [5.74, 6) is -1.24. The normalized spacial score (nSPS) is 13.5. The number of amides is 1. The quantitative estimate of drug-likeness (QED) is 0.511. The number of halogens is 2. The lowest BCUT2D eigenvalue weighted by Crippen LogP contribution is -2.31. The van der Waals surface area contributed by atoms with Crippen LogP contribution in [0.25, 0.3) is 11.3 Å². The minimum absolute atomic E-state index is 0.181. The van der Waals surface area contributed by atoms with Crippen LogP contribution in [0.2, 0.25) is 0 Å². The van der Waals surface area contributed by atoms with Gasteiger partial charge in [-0.15, -0.1) is 0 Å². The lowest BCUT2D eigenvalue weighted by atomic mass is 10.0. The molecule has 4 rings (SSSR count). The van der Waals surface area contributed by atoms with Crippen LogP contribution in [-0.4, -0.2) is 41.7 Å². The second-order valence-corrected chi connectivity index (χ2v) is 8.14. The van der Waals surface area contributed by atoms with E-state index in [1.54, 1.807) is 25.6 Å². The molecular weight excluding hydrogens is 418 g/mol. The average molecular weight is 442 g/mol. The third-order valence-corrected chi connectivity index (χ3v) is 5.28. The van der Waals surface area contributed by atoms with Crippen LogP contribution in [0.15, 0.2) is 36.7 Å². The predicted molar refractivity (Wildman–Crippen MR) is 116 cm³/mol. The Balaban J connectivity index is 1.81. The Morgan fingerprint density at radius 3 is 2.69 bits per heavy atom. The van der Waals surface area contributed by atoms with Crippen molar-refractivity contribution in [3.63, 3.8) is 0 Å². The Morgan fingerprint density at radius 1 is 1.22 bits per heavy atom. The van der Waals surface area contributed by atoms with Crippen molar-refractivity contribution >= 4 is 17.3 Å². The first-order valence-electron chi connectivity index (χ1n) is 10.2. The molecule has 1 aliphatic heterocycles. The molecule has 1 amide bonds. The SMILES string of the molecule is COC(C)(C)COc1cnccc1-c1[nH]c2c(c1Nc1cc(F)cc(F)c1)C(=O)NCC2. The molecule has 9 heteroatoms. The number of carbonyl (C=O) groups is 1. The van der Waals surface area contributed by atoms with Gasteiger partial charge in [0.1, 0.15) is 24.0 Å². The molecule has 1 aliphatic rings. The number of nitrogens with one attached hydrogen (secondary N) is 3. The number of nitrogens with zero attached hydrogens (tertiary/aromatic N) is 1. The Morgan fingerprint density at radius 2 is 1.97 bits per heavy atom. The number of H-pyrrole nitrogens is 1. The van der Waals surface area contributed by atoms with E-state index in [0.717, 1.165) is 23.9 Å². The lowest BCUT2D eigenvalue weighted by molar-refractivity contribution is -0.0146. The number of hydrogen-bond acceptors (Lipinski definition) is 5. The van der Waals surface area contributed by atoms with E-state index < -0.39 is 17.2 Å². The minimum Gasteiger partial charge on any atom is -0.488 e. The molecule has 1 aromatic carbocycles. The predicted octanol–water partition coefficient (Wildman–Crippen LogP) is 4.19. The summed E-state index contributed by atoms with van der Waals surface area (Å²) in [5.41, 5.74) is 2.39. The standard InChI is InChI=1S/C23H24F2N4O3/c1-23(2,31-3)12-32-18-11-26-6-4-16(18)20-21(19-17(29-20)5-7-27-22(19)30)28-15-9-13(24)8-14(25)10-15/h4,6,8-11,28-29H,5,7,12H2,1-3H3,(H,27,30). The average Bonchev–Trinajstić information content (AvgIpc) is 3.11. The van der Waals surface area contributed by atoms with Crippen molar-refractivity contribution in [3.8, 4) is 17.0 Å². The van der Waals surface area contributed by atoms with Gasteiger partial charge in [-0.25, -0.2) is 8.78 Å². The molecule has 0 saturated heterocycles. The molecule has 3 heterocycles. The highest BCUT2D eigenvalue weighted by Gasteiger charge is 2.28. The highest BCUT2D eigenvalue weighted by molar-refractivity contribution is 6.06. The van der Waals surface area contributed by atoms with Gasteiger partial charge in [-0.3, -0.25) is 9.78 Å². The summed E-state index contributed by atoms with van der Waals surface area (Å²) in [7, 11) is 1.60. The monoisotopic (exact) mass is 442 g/mol. The zero-order valence-corrected chi connectivity index (χ0v) is 18.0. The Hall–Kier alpha value is -3.46. The van der Waals surface area contributed by atoms with Crippen LogP contribution < -0.4 is 15.4 Å². The van der Waals surface area contributed by atoms with Crippen LogP contribution in [0.1, 0.15) is 29.9 Å².